The first-order chi connectivity index (χ1) is 23.4. The standard InChI is InChI=1S/C32H56N4O10S2/c1-29-4-6-30(7-5-29)47-48-32(2,3)28-34-31(37)8-10-38-12-14-40-16-18-42-20-22-44-24-26-46-27-25-45-23-21-43-19-17-41-15-13-39-11-9-35-36-33/h4-7H,8-28H2,1-3H3,(H,34,37). The maximum absolute atomic E-state index is 12.2. The van der Waals surface area contributed by atoms with E-state index in [-0.39, 0.29) is 10.7 Å². The molecule has 0 saturated carbocycles. The van der Waals surface area contributed by atoms with Crippen molar-refractivity contribution in [2.24, 2.45) is 5.11 Å². The predicted octanol–water partition coefficient (Wildman–Crippen LogP) is 4.48. The summed E-state index contributed by atoms with van der Waals surface area (Å²) in [6, 6.07) is 8.44. The second-order valence-corrected chi connectivity index (χ2v) is 13.6. The molecule has 0 fully saturated rings. The molecule has 0 aromatic heterocycles. The molecule has 0 heterocycles. The van der Waals surface area contributed by atoms with Crippen LogP contribution in [0.4, 0.5) is 0 Å². The number of ether oxygens (including phenoxy) is 9. The van der Waals surface area contributed by atoms with Gasteiger partial charge in [-0.1, -0.05) is 44.4 Å². The Morgan fingerprint density at radius 1 is 0.667 bits per heavy atom. The minimum Gasteiger partial charge on any atom is -0.379 e. The fraction of sp³-hybridized carbons (Fsp3) is 0.781. The molecule has 0 unspecified atom stereocenters. The van der Waals surface area contributed by atoms with E-state index in [1.807, 2.05) is 0 Å². The largest absolute Gasteiger partial charge is 0.379 e. The first-order valence-electron chi connectivity index (χ1n) is 16.3. The van der Waals surface area contributed by atoms with Crippen LogP contribution in [-0.2, 0) is 47.4 Å². The van der Waals surface area contributed by atoms with E-state index in [1.54, 1.807) is 21.6 Å². The van der Waals surface area contributed by atoms with E-state index in [0.29, 0.717) is 138 Å². The van der Waals surface area contributed by atoms with E-state index in [4.69, 9.17) is 48.2 Å². The van der Waals surface area contributed by atoms with E-state index in [0.717, 1.165) is 0 Å². The van der Waals surface area contributed by atoms with E-state index in [9.17, 15) is 4.79 Å². The topological polar surface area (TPSA) is 161 Å². The molecule has 276 valence electrons. The van der Waals surface area contributed by atoms with Crippen LogP contribution < -0.4 is 5.32 Å². The number of nitrogens with zero attached hydrogens (tertiary/aromatic N) is 3. The van der Waals surface area contributed by atoms with Gasteiger partial charge in [0.05, 0.1) is 119 Å². The molecule has 14 nitrogen and oxygen atoms in total. The number of rotatable bonds is 35. The second-order valence-electron chi connectivity index (χ2n) is 10.7. The number of azide groups is 1. The molecule has 0 spiro atoms. The van der Waals surface area contributed by atoms with Crippen LogP contribution in [0.2, 0.25) is 0 Å². The fourth-order valence-corrected chi connectivity index (χ4v) is 5.54. The quantitative estimate of drug-likeness (QED) is 0.0345. The van der Waals surface area contributed by atoms with Crippen LogP contribution in [0.3, 0.4) is 0 Å². The third kappa shape index (κ3) is 30.4. The predicted molar refractivity (Wildman–Crippen MR) is 188 cm³/mol. The van der Waals surface area contributed by atoms with Crippen LogP contribution in [-0.4, -0.2) is 143 Å². The maximum atomic E-state index is 12.2. The maximum Gasteiger partial charge on any atom is 0.222 e. The van der Waals surface area contributed by atoms with Gasteiger partial charge < -0.3 is 47.9 Å². The van der Waals surface area contributed by atoms with Crippen LogP contribution in [0.25, 0.3) is 10.4 Å². The van der Waals surface area contributed by atoms with Crippen LogP contribution in [0.5, 0.6) is 0 Å². The van der Waals surface area contributed by atoms with Gasteiger partial charge in [-0.3, -0.25) is 4.79 Å². The third-order valence-corrected chi connectivity index (χ3v) is 9.27. The summed E-state index contributed by atoms with van der Waals surface area (Å²) in [7, 11) is 3.48. The number of benzene rings is 1. The molecule has 0 aliphatic rings. The van der Waals surface area contributed by atoms with Crippen LogP contribution in [0, 0.1) is 6.92 Å². The first-order valence-corrected chi connectivity index (χ1v) is 18.5. The smallest absolute Gasteiger partial charge is 0.222 e. The van der Waals surface area contributed by atoms with Crippen molar-refractivity contribution < 1.29 is 47.4 Å². The van der Waals surface area contributed by atoms with Crippen molar-refractivity contribution in [1.29, 1.82) is 0 Å². The molecule has 0 saturated heterocycles. The van der Waals surface area contributed by atoms with Gasteiger partial charge in [0.2, 0.25) is 5.91 Å². The van der Waals surface area contributed by atoms with Gasteiger partial charge in [-0.2, -0.15) is 0 Å². The average molecular weight is 721 g/mol. The molecule has 1 aromatic carbocycles. The molecule has 1 amide bonds. The number of hydrogen-bond donors (Lipinski definition) is 1. The van der Waals surface area contributed by atoms with E-state index in [1.165, 1.54) is 10.5 Å². The normalized spacial score (nSPS) is 11.5. The summed E-state index contributed by atoms with van der Waals surface area (Å²) in [5.41, 5.74) is 9.39. The summed E-state index contributed by atoms with van der Waals surface area (Å²) in [4.78, 5) is 16.0. The van der Waals surface area contributed by atoms with Gasteiger partial charge in [0.15, 0.2) is 0 Å². The summed E-state index contributed by atoms with van der Waals surface area (Å²) in [5, 5.41) is 6.38. The lowest BCUT2D eigenvalue weighted by atomic mass is 10.2. The number of aryl methyl sites for hydroxylation is 1. The fourth-order valence-electron chi connectivity index (χ4n) is 3.36. The zero-order chi connectivity index (χ0) is 34.8. The Morgan fingerprint density at radius 3 is 1.44 bits per heavy atom. The molecule has 0 aliphatic heterocycles. The average Bonchev–Trinajstić information content (AvgIpc) is 3.08. The highest BCUT2D eigenvalue weighted by Gasteiger charge is 2.20. The zero-order valence-corrected chi connectivity index (χ0v) is 30.5. The molecule has 1 aromatic rings. The molecule has 48 heavy (non-hydrogen) atoms. The number of amides is 1. The van der Waals surface area contributed by atoms with Crippen molar-refractivity contribution in [3.63, 3.8) is 0 Å². The Morgan fingerprint density at radius 2 is 1.04 bits per heavy atom. The highest BCUT2D eigenvalue weighted by Crippen LogP contribution is 2.40. The van der Waals surface area contributed by atoms with Gasteiger partial charge in [0.1, 0.15) is 0 Å². The Kier molecular flexibility index (Phi) is 30.1. The SMILES string of the molecule is Cc1ccc(SSC(C)(C)CNC(=O)CCOCCOCCOCCOCCOCCOCCOCCOCCOCCN=[N+]=[N-])cc1. The van der Waals surface area contributed by atoms with Gasteiger partial charge in [0.25, 0.3) is 0 Å². The minimum atomic E-state index is -0.0935. The molecule has 0 radical (unpaired) electrons. The van der Waals surface area contributed by atoms with Gasteiger partial charge in [-0.05, 0) is 38.4 Å². The monoisotopic (exact) mass is 720 g/mol. The minimum absolute atomic E-state index is 0.0153. The number of carbonyl (C=O) groups excluding carboxylic acids is 1. The van der Waals surface area contributed by atoms with Crippen molar-refractivity contribution in [1.82, 2.24) is 5.32 Å². The van der Waals surface area contributed by atoms with Crippen molar-refractivity contribution in [2.45, 2.75) is 36.8 Å². The number of hydrogen-bond acceptors (Lipinski definition) is 13. The highest BCUT2D eigenvalue weighted by molar-refractivity contribution is 8.77. The van der Waals surface area contributed by atoms with Gasteiger partial charge >= 0.3 is 0 Å². The van der Waals surface area contributed by atoms with Crippen molar-refractivity contribution in [2.75, 3.05) is 132 Å². The molecule has 16 heteroatoms. The van der Waals surface area contributed by atoms with Crippen LogP contribution >= 0.6 is 21.6 Å². The van der Waals surface area contributed by atoms with Crippen molar-refractivity contribution in [3.8, 4) is 0 Å². The van der Waals surface area contributed by atoms with Crippen molar-refractivity contribution in [3.05, 3.63) is 40.3 Å². The van der Waals surface area contributed by atoms with Crippen molar-refractivity contribution >= 4 is 27.5 Å². The molecular formula is C32H56N4O10S2. The van der Waals surface area contributed by atoms with Crippen LogP contribution in [0.15, 0.2) is 34.3 Å². The molecule has 1 rings (SSSR count). The Labute approximate surface area is 293 Å². The Balaban J connectivity index is 1.73. The summed E-state index contributed by atoms with van der Waals surface area (Å²) in [6.07, 6.45) is 0.323. The van der Waals surface area contributed by atoms with E-state index < -0.39 is 0 Å². The van der Waals surface area contributed by atoms with Gasteiger partial charge in [-0.15, -0.1) is 0 Å². The Bertz CT molecular complexity index is 944. The summed E-state index contributed by atoms with van der Waals surface area (Å²) >= 11 is 0. The van der Waals surface area contributed by atoms with E-state index >= 15 is 0 Å². The second kappa shape index (κ2) is 32.5. The molecule has 0 atom stereocenters. The lowest BCUT2D eigenvalue weighted by Crippen LogP contribution is -2.36. The van der Waals surface area contributed by atoms with Gasteiger partial charge in [-0.25, -0.2) is 0 Å². The summed E-state index contributed by atoms with van der Waals surface area (Å²) in [5.74, 6) is -0.0153. The molecule has 0 bridgehead atoms. The Hall–Kier alpha value is -1.66. The molecular weight excluding hydrogens is 665 g/mol. The lowest BCUT2D eigenvalue weighted by molar-refractivity contribution is -0.122. The highest BCUT2D eigenvalue weighted by atomic mass is 33.1. The lowest BCUT2D eigenvalue weighted by Gasteiger charge is -2.23. The number of nitrogens with one attached hydrogen (secondary N) is 1. The van der Waals surface area contributed by atoms with E-state index in [2.05, 4.69) is 60.4 Å². The summed E-state index contributed by atoms with van der Waals surface area (Å²) in [6.45, 7) is 15.6. The zero-order valence-electron chi connectivity index (χ0n) is 28.9. The molecule has 1 N–H and O–H groups in total. The summed E-state index contributed by atoms with van der Waals surface area (Å²) < 4.78 is 48.8. The van der Waals surface area contributed by atoms with Crippen LogP contribution in [0.1, 0.15) is 25.8 Å². The number of carbonyl (C=O) groups is 1. The molecule has 0 aliphatic carbocycles. The third-order valence-electron chi connectivity index (χ3n) is 5.94. The van der Waals surface area contributed by atoms with Gasteiger partial charge in [0, 0.05) is 34.1 Å². The first kappa shape index (κ1) is 44.4.